The van der Waals surface area contributed by atoms with Crippen LogP contribution in [0.5, 0.6) is 0 Å². The molecule has 1 aliphatic heterocycles. The number of nitrogens with zero attached hydrogens (tertiary/aromatic N) is 1. The number of anilines is 2. The smallest absolute Gasteiger partial charge is 0.256 e. The molecule has 0 fully saturated rings. The molecule has 1 aromatic heterocycles. The molecule has 0 amide bonds. The minimum atomic E-state index is -2.92. The second-order valence-electron chi connectivity index (χ2n) is 4.89. The molecule has 1 unspecified atom stereocenters. The number of pyridine rings is 1. The first-order chi connectivity index (χ1) is 9.50. The molecule has 3 nitrogen and oxygen atoms in total. The van der Waals surface area contributed by atoms with E-state index in [1.165, 1.54) is 12.1 Å². The molecule has 102 valence electrons. The lowest BCUT2D eigenvalue weighted by atomic mass is 9.83. The van der Waals surface area contributed by atoms with Gasteiger partial charge in [0.1, 0.15) is 11.5 Å². The van der Waals surface area contributed by atoms with Crippen LogP contribution in [0.1, 0.15) is 34.5 Å². The van der Waals surface area contributed by atoms with Crippen LogP contribution < -0.4 is 5.32 Å². The van der Waals surface area contributed by atoms with E-state index in [9.17, 15) is 13.6 Å². The topological polar surface area (TPSA) is 42.0 Å². The summed E-state index contributed by atoms with van der Waals surface area (Å²) in [4.78, 5) is 14.9. The van der Waals surface area contributed by atoms with Crippen LogP contribution in [0.25, 0.3) is 0 Å². The van der Waals surface area contributed by atoms with Gasteiger partial charge >= 0.3 is 0 Å². The monoisotopic (exact) mass is 274 g/mol. The van der Waals surface area contributed by atoms with Gasteiger partial charge < -0.3 is 5.32 Å². The number of halogens is 2. The summed E-state index contributed by atoms with van der Waals surface area (Å²) in [6.07, 6.45) is 0.599. The Balaban J connectivity index is 2.23. The summed E-state index contributed by atoms with van der Waals surface area (Å²) in [6, 6.07) is 9.91. The van der Waals surface area contributed by atoms with Crippen molar-refractivity contribution in [1.29, 1.82) is 0 Å². The van der Waals surface area contributed by atoms with E-state index in [1.807, 2.05) is 0 Å². The van der Waals surface area contributed by atoms with E-state index >= 15 is 0 Å². The van der Waals surface area contributed by atoms with Gasteiger partial charge in [0.15, 0.2) is 6.29 Å². The van der Waals surface area contributed by atoms with Gasteiger partial charge in [0.05, 0.1) is 5.92 Å². The molecule has 5 heteroatoms. The fourth-order valence-corrected chi connectivity index (χ4v) is 2.59. The lowest BCUT2D eigenvalue weighted by Gasteiger charge is -2.32. The van der Waals surface area contributed by atoms with Gasteiger partial charge in [-0.1, -0.05) is 24.3 Å². The van der Waals surface area contributed by atoms with Crippen LogP contribution in [0.4, 0.5) is 20.3 Å². The van der Waals surface area contributed by atoms with Gasteiger partial charge in [0, 0.05) is 18.2 Å². The van der Waals surface area contributed by atoms with Crippen molar-refractivity contribution in [2.24, 2.45) is 0 Å². The zero-order chi connectivity index (χ0) is 14.3. The van der Waals surface area contributed by atoms with Gasteiger partial charge in [-0.05, 0) is 17.7 Å². The highest BCUT2D eigenvalue weighted by molar-refractivity contribution is 5.77. The largest absolute Gasteiger partial charge is 0.340 e. The summed E-state index contributed by atoms with van der Waals surface area (Å²) >= 11 is 0. The summed E-state index contributed by atoms with van der Waals surface area (Å²) in [6.45, 7) is 0.900. The number of hydrogen-bond acceptors (Lipinski definition) is 3. The molecule has 2 aromatic rings. The van der Waals surface area contributed by atoms with E-state index in [2.05, 4.69) is 10.3 Å². The number of hydrogen-bond donors (Lipinski definition) is 1. The maximum Gasteiger partial charge on any atom is 0.256 e. The van der Waals surface area contributed by atoms with Crippen molar-refractivity contribution in [2.45, 2.75) is 18.8 Å². The molecular formula is C15H12F2N2O. The van der Waals surface area contributed by atoms with Crippen molar-refractivity contribution >= 4 is 17.8 Å². The van der Waals surface area contributed by atoms with Crippen molar-refractivity contribution in [1.82, 2.24) is 4.98 Å². The maximum atomic E-state index is 14.0. The number of carbonyl (C=O) groups excluding carboxylic acids is 1. The molecule has 2 heterocycles. The Morgan fingerprint density at radius 2 is 1.95 bits per heavy atom. The van der Waals surface area contributed by atoms with Crippen molar-refractivity contribution in [3.8, 4) is 0 Å². The quantitative estimate of drug-likeness (QED) is 0.848. The van der Waals surface area contributed by atoms with Crippen molar-refractivity contribution in [2.75, 3.05) is 5.32 Å². The van der Waals surface area contributed by atoms with Crippen LogP contribution >= 0.6 is 0 Å². The molecule has 0 aliphatic carbocycles. The van der Waals surface area contributed by atoms with Crippen LogP contribution in [-0.2, 0) is 0 Å². The number of fused-ring (bicyclic) bond motifs is 2. The Morgan fingerprint density at radius 3 is 2.65 bits per heavy atom. The number of benzene rings is 1. The Labute approximate surface area is 114 Å². The number of aldehydes is 1. The molecule has 0 saturated carbocycles. The number of rotatable bonds is 2. The number of para-hydroxylation sites is 1. The van der Waals surface area contributed by atoms with Gasteiger partial charge in [0.25, 0.3) is 5.92 Å². The second-order valence-corrected chi connectivity index (χ2v) is 4.89. The zero-order valence-corrected chi connectivity index (χ0v) is 10.7. The summed E-state index contributed by atoms with van der Waals surface area (Å²) in [5.41, 5.74) is 1.76. The first-order valence-electron chi connectivity index (χ1n) is 6.20. The van der Waals surface area contributed by atoms with E-state index in [-0.39, 0.29) is 5.69 Å². The average molecular weight is 274 g/mol. The molecule has 20 heavy (non-hydrogen) atoms. The molecule has 1 aromatic carbocycles. The van der Waals surface area contributed by atoms with E-state index in [4.69, 9.17) is 0 Å². The predicted octanol–water partition coefficient (Wildman–Crippen LogP) is 3.74. The Kier molecular flexibility index (Phi) is 2.78. The van der Waals surface area contributed by atoms with Gasteiger partial charge in [-0.2, -0.15) is 0 Å². The van der Waals surface area contributed by atoms with Crippen LogP contribution in [0.15, 0.2) is 36.4 Å². The Hall–Kier alpha value is -2.30. The lowest BCUT2D eigenvalue weighted by Crippen LogP contribution is -2.28. The molecule has 0 spiro atoms. The van der Waals surface area contributed by atoms with Crippen LogP contribution in [0.3, 0.4) is 0 Å². The first kappa shape index (κ1) is 12.7. The molecule has 1 N–H and O–H groups in total. The average Bonchev–Trinajstić information content (AvgIpc) is 2.42. The number of nitrogens with one attached hydrogen (secondary N) is 1. The predicted molar refractivity (Wildman–Crippen MR) is 71.8 cm³/mol. The highest BCUT2D eigenvalue weighted by atomic mass is 19.3. The fourth-order valence-electron chi connectivity index (χ4n) is 2.59. The highest BCUT2D eigenvalue weighted by Gasteiger charge is 2.41. The zero-order valence-electron chi connectivity index (χ0n) is 10.7. The number of alkyl halides is 2. The van der Waals surface area contributed by atoms with Crippen LogP contribution in [-0.4, -0.2) is 17.2 Å². The third-order valence-electron chi connectivity index (χ3n) is 3.41. The van der Waals surface area contributed by atoms with Gasteiger partial charge in [-0.3, -0.25) is 4.79 Å². The normalized spacial score (nSPS) is 16.9. The maximum absolute atomic E-state index is 14.0. The first-order valence-corrected chi connectivity index (χ1v) is 6.20. The third kappa shape index (κ3) is 1.95. The standard InChI is InChI=1S/C15H12F2N2O/c1-15(16,17)13-10-4-2-3-5-12(10)19-14-11(13)7-6-9(8-20)18-14/h2-8,13H,1H3,(H,18,19). The van der Waals surface area contributed by atoms with E-state index in [0.29, 0.717) is 28.9 Å². The Bertz CT molecular complexity index is 680. The molecule has 0 radical (unpaired) electrons. The fraction of sp³-hybridized carbons (Fsp3) is 0.200. The van der Waals surface area contributed by atoms with Crippen molar-refractivity contribution < 1.29 is 13.6 Å². The third-order valence-corrected chi connectivity index (χ3v) is 3.41. The van der Waals surface area contributed by atoms with Crippen LogP contribution in [0.2, 0.25) is 0 Å². The molecule has 0 saturated heterocycles. The van der Waals surface area contributed by atoms with Gasteiger partial charge in [0.2, 0.25) is 0 Å². The Morgan fingerprint density at radius 1 is 1.20 bits per heavy atom. The minimum absolute atomic E-state index is 0.216. The van der Waals surface area contributed by atoms with Crippen LogP contribution in [0, 0.1) is 0 Å². The summed E-state index contributed by atoms with van der Waals surface area (Å²) < 4.78 is 28.0. The van der Waals surface area contributed by atoms with E-state index in [0.717, 1.165) is 6.92 Å². The van der Waals surface area contributed by atoms with Gasteiger partial charge in [-0.15, -0.1) is 0 Å². The van der Waals surface area contributed by atoms with Crippen molar-refractivity contribution in [3.63, 3.8) is 0 Å². The van der Waals surface area contributed by atoms with E-state index < -0.39 is 11.8 Å². The minimum Gasteiger partial charge on any atom is -0.340 e. The SMILES string of the molecule is CC(F)(F)C1c2ccccc2Nc2nc(C=O)ccc21. The molecule has 3 rings (SSSR count). The lowest BCUT2D eigenvalue weighted by molar-refractivity contribution is 0.00448. The molecule has 1 atom stereocenters. The number of carbonyl (C=O) groups is 1. The molecule has 1 aliphatic rings. The number of aromatic nitrogens is 1. The summed E-state index contributed by atoms with van der Waals surface area (Å²) in [5.74, 6) is -3.67. The summed E-state index contributed by atoms with van der Waals surface area (Å²) in [7, 11) is 0. The summed E-state index contributed by atoms with van der Waals surface area (Å²) in [5, 5.41) is 3.01. The van der Waals surface area contributed by atoms with E-state index in [1.54, 1.807) is 24.3 Å². The van der Waals surface area contributed by atoms with Gasteiger partial charge in [-0.25, -0.2) is 13.8 Å². The molecule has 0 bridgehead atoms. The highest BCUT2D eigenvalue weighted by Crippen LogP contribution is 2.47. The van der Waals surface area contributed by atoms with Crippen molar-refractivity contribution in [3.05, 3.63) is 53.2 Å². The second kappa shape index (κ2) is 4.37. The molecular weight excluding hydrogens is 262 g/mol.